The van der Waals surface area contributed by atoms with Crippen LogP contribution in [0.4, 0.5) is 16.2 Å². The standard InChI is InChI=1S/C31H39N5O6Si/c1-20-28(43(4,5)24-9-7-23(40-3)8-10-24)27(12-14-35-19-21(13-16-37)32-33-35)42-31(20)25-18-22(36-15-17-41-30(36)39)6-11-26(25)34(2)29(31)38/h6-11,18-20,27-28,37H,12-17H2,1-5H3/t20-,27+,28-,31+/m0/s1. The molecule has 6 rings (SSSR count). The molecule has 1 spiro atoms. The molecule has 1 aromatic heterocycles. The van der Waals surface area contributed by atoms with E-state index in [1.165, 1.54) is 5.19 Å². The zero-order chi connectivity index (χ0) is 30.5. The highest BCUT2D eigenvalue weighted by atomic mass is 28.3. The zero-order valence-corrected chi connectivity index (χ0v) is 26.3. The highest BCUT2D eigenvalue weighted by molar-refractivity contribution is 6.91. The molecule has 3 aliphatic heterocycles. The average Bonchev–Trinajstić information content (AvgIpc) is 3.76. The Morgan fingerprint density at radius 1 is 1.16 bits per heavy atom. The van der Waals surface area contributed by atoms with Gasteiger partial charge in [-0.3, -0.25) is 14.4 Å². The van der Waals surface area contributed by atoms with E-state index >= 15 is 0 Å². The number of fused-ring (bicyclic) bond motifs is 2. The number of carbonyl (C=O) groups excluding carboxylic acids is 2. The molecule has 4 atom stereocenters. The number of aryl methyl sites for hydroxylation is 1. The minimum absolute atomic E-state index is 0.0143. The molecule has 1 N–H and O–H groups in total. The van der Waals surface area contributed by atoms with Gasteiger partial charge in [-0.05, 0) is 42.3 Å². The van der Waals surface area contributed by atoms with Gasteiger partial charge < -0.3 is 24.2 Å². The number of carbonyl (C=O) groups is 2. The molecule has 2 saturated heterocycles. The SMILES string of the molecule is COc1ccc([Si](C)(C)[C@@H]2[C@@H](CCn3cc(CCO)nn3)O[C@]3(C(=O)N(C)c4ccc(N5CCOC5=O)cc43)[C@H]2C)cc1. The second-order valence-corrected chi connectivity index (χ2v) is 16.9. The van der Waals surface area contributed by atoms with Crippen LogP contribution in [0.3, 0.4) is 0 Å². The monoisotopic (exact) mass is 605 g/mol. The summed E-state index contributed by atoms with van der Waals surface area (Å²) in [5.74, 6) is 0.560. The minimum Gasteiger partial charge on any atom is -0.497 e. The van der Waals surface area contributed by atoms with Crippen molar-refractivity contribution < 1.29 is 28.9 Å². The molecule has 2 aromatic carbocycles. The first-order valence-electron chi connectivity index (χ1n) is 14.8. The number of methoxy groups -OCH3 is 1. The number of hydrogen-bond acceptors (Lipinski definition) is 8. The summed E-state index contributed by atoms with van der Waals surface area (Å²) in [5, 5.41) is 19.0. The first-order valence-corrected chi connectivity index (χ1v) is 17.9. The topological polar surface area (TPSA) is 119 Å². The van der Waals surface area contributed by atoms with Gasteiger partial charge in [0, 0.05) is 50.0 Å². The highest BCUT2D eigenvalue weighted by Gasteiger charge is 2.65. The van der Waals surface area contributed by atoms with Crippen LogP contribution in [0.5, 0.6) is 5.75 Å². The van der Waals surface area contributed by atoms with Crippen LogP contribution < -0.4 is 19.7 Å². The first-order chi connectivity index (χ1) is 20.6. The third-order valence-electron chi connectivity index (χ3n) is 9.62. The third kappa shape index (κ3) is 4.72. The summed E-state index contributed by atoms with van der Waals surface area (Å²) in [7, 11) is 1.17. The van der Waals surface area contributed by atoms with E-state index in [-0.39, 0.29) is 36.2 Å². The lowest BCUT2D eigenvalue weighted by Crippen LogP contribution is -2.51. The molecule has 0 unspecified atom stereocenters. The van der Waals surface area contributed by atoms with Crippen LogP contribution in [-0.2, 0) is 32.8 Å². The van der Waals surface area contributed by atoms with Gasteiger partial charge >= 0.3 is 6.09 Å². The fourth-order valence-corrected chi connectivity index (χ4v) is 11.5. The Kier molecular flexibility index (Phi) is 7.55. The maximum Gasteiger partial charge on any atom is 0.414 e. The van der Waals surface area contributed by atoms with Crippen LogP contribution in [0.2, 0.25) is 18.6 Å². The fraction of sp³-hybridized carbons (Fsp3) is 0.484. The van der Waals surface area contributed by atoms with Gasteiger partial charge in [-0.2, -0.15) is 0 Å². The number of hydrogen-bond donors (Lipinski definition) is 1. The van der Waals surface area contributed by atoms with Crippen molar-refractivity contribution in [2.45, 2.75) is 56.7 Å². The van der Waals surface area contributed by atoms with Crippen molar-refractivity contribution in [1.82, 2.24) is 15.0 Å². The Morgan fingerprint density at radius 2 is 1.93 bits per heavy atom. The summed E-state index contributed by atoms with van der Waals surface area (Å²) < 4.78 is 19.5. The molecule has 3 aliphatic rings. The average molecular weight is 606 g/mol. The molecule has 0 saturated carbocycles. The number of aromatic nitrogens is 3. The lowest BCUT2D eigenvalue weighted by Gasteiger charge is -2.37. The van der Waals surface area contributed by atoms with Gasteiger partial charge in [-0.1, -0.05) is 42.6 Å². The number of aliphatic hydroxyl groups is 1. The van der Waals surface area contributed by atoms with Gasteiger partial charge in [0.2, 0.25) is 0 Å². The van der Waals surface area contributed by atoms with Crippen LogP contribution >= 0.6 is 0 Å². The number of likely N-dealkylation sites (N-methyl/N-ethyl adjacent to an activating group) is 1. The van der Waals surface area contributed by atoms with E-state index in [4.69, 9.17) is 14.2 Å². The predicted octanol–water partition coefficient (Wildman–Crippen LogP) is 3.06. The molecule has 2 amide bonds. The van der Waals surface area contributed by atoms with Crippen molar-refractivity contribution in [3.05, 3.63) is 59.9 Å². The predicted molar refractivity (Wildman–Crippen MR) is 164 cm³/mol. The maximum atomic E-state index is 14.3. The second-order valence-electron chi connectivity index (χ2n) is 12.2. The van der Waals surface area contributed by atoms with Gasteiger partial charge in [0.1, 0.15) is 12.4 Å². The number of benzene rings is 2. The second kappa shape index (κ2) is 11.1. The van der Waals surface area contributed by atoms with E-state index in [0.29, 0.717) is 38.2 Å². The number of amides is 2. The number of rotatable bonds is 9. The van der Waals surface area contributed by atoms with Crippen LogP contribution in [0.1, 0.15) is 24.6 Å². The molecule has 43 heavy (non-hydrogen) atoms. The lowest BCUT2D eigenvalue weighted by atomic mass is 9.82. The summed E-state index contributed by atoms with van der Waals surface area (Å²) in [4.78, 5) is 30.1. The van der Waals surface area contributed by atoms with Crippen molar-refractivity contribution in [3.63, 3.8) is 0 Å². The smallest absolute Gasteiger partial charge is 0.414 e. The quantitative estimate of drug-likeness (QED) is 0.370. The summed E-state index contributed by atoms with van der Waals surface area (Å²) in [6.07, 6.45) is 2.31. The number of cyclic esters (lactones) is 1. The van der Waals surface area contributed by atoms with Crippen molar-refractivity contribution in [1.29, 1.82) is 0 Å². The highest BCUT2D eigenvalue weighted by Crippen LogP contribution is 2.60. The Morgan fingerprint density at radius 3 is 2.60 bits per heavy atom. The Hall–Kier alpha value is -3.74. The fourth-order valence-electron chi connectivity index (χ4n) is 7.41. The molecule has 3 aromatic rings. The lowest BCUT2D eigenvalue weighted by molar-refractivity contribution is -0.145. The van der Waals surface area contributed by atoms with Gasteiger partial charge in [0.15, 0.2) is 5.60 Å². The van der Waals surface area contributed by atoms with Crippen LogP contribution in [0.15, 0.2) is 48.7 Å². The Bertz CT molecular complexity index is 1530. The van der Waals surface area contributed by atoms with E-state index in [0.717, 1.165) is 22.7 Å². The number of ether oxygens (including phenoxy) is 3. The van der Waals surface area contributed by atoms with E-state index < -0.39 is 13.7 Å². The van der Waals surface area contributed by atoms with Crippen LogP contribution in [-0.4, -0.2) is 80.2 Å². The van der Waals surface area contributed by atoms with Crippen molar-refractivity contribution >= 4 is 36.6 Å². The van der Waals surface area contributed by atoms with E-state index in [1.54, 1.807) is 28.6 Å². The number of aliphatic hydroxyl groups excluding tert-OH is 1. The molecule has 12 heteroatoms. The van der Waals surface area contributed by atoms with Gasteiger partial charge in [-0.15, -0.1) is 5.10 Å². The normalized spacial score (nSPS) is 25.1. The molecule has 11 nitrogen and oxygen atoms in total. The molecule has 4 heterocycles. The number of nitrogens with zero attached hydrogens (tertiary/aromatic N) is 5. The largest absolute Gasteiger partial charge is 0.497 e. The van der Waals surface area contributed by atoms with E-state index in [2.05, 4.69) is 42.5 Å². The molecular formula is C31H39N5O6Si. The van der Waals surface area contributed by atoms with Gasteiger partial charge in [0.05, 0.1) is 39.2 Å². The van der Waals surface area contributed by atoms with Crippen LogP contribution in [0, 0.1) is 5.92 Å². The van der Waals surface area contributed by atoms with Crippen molar-refractivity contribution in [3.8, 4) is 5.75 Å². The van der Waals surface area contributed by atoms with Crippen molar-refractivity contribution in [2.24, 2.45) is 5.92 Å². The summed E-state index contributed by atoms with van der Waals surface area (Å²) >= 11 is 0. The van der Waals surface area contributed by atoms with Gasteiger partial charge in [-0.25, -0.2) is 4.79 Å². The summed E-state index contributed by atoms with van der Waals surface area (Å²) in [6.45, 7) is 8.22. The molecular weight excluding hydrogens is 566 g/mol. The van der Waals surface area contributed by atoms with E-state index in [1.807, 2.05) is 36.5 Å². The third-order valence-corrected chi connectivity index (χ3v) is 14.0. The van der Waals surface area contributed by atoms with Crippen LogP contribution in [0.25, 0.3) is 0 Å². The molecule has 2 fully saturated rings. The molecule has 0 bridgehead atoms. The minimum atomic E-state index is -2.28. The number of anilines is 2. The Labute approximate surface area is 252 Å². The Balaban J connectivity index is 1.41. The maximum absolute atomic E-state index is 14.3. The molecule has 0 radical (unpaired) electrons. The zero-order valence-electron chi connectivity index (χ0n) is 25.3. The molecule has 228 valence electrons. The summed E-state index contributed by atoms with van der Waals surface area (Å²) in [6, 6.07) is 14.0. The van der Waals surface area contributed by atoms with E-state index in [9.17, 15) is 14.7 Å². The molecule has 0 aliphatic carbocycles. The van der Waals surface area contributed by atoms with Crippen molar-refractivity contribution in [2.75, 3.05) is 43.7 Å². The summed E-state index contributed by atoms with van der Waals surface area (Å²) in [5.41, 5.74) is 1.90. The van der Waals surface area contributed by atoms with Gasteiger partial charge in [0.25, 0.3) is 5.91 Å². The first kappa shape index (κ1) is 29.3.